The molecule has 204 valence electrons. The van der Waals surface area contributed by atoms with Crippen LogP contribution < -0.4 is 9.04 Å². The molecule has 0 N–H and O–H groups in total. The number of ether oxygens (including phenoxy) is 1. The van der Waals surface area contributed by atoms with E-state index in [9.17, 15) is 13.2 Å². The molecule has 0 aliphatic carbocycles. The van der Waals surface area contributed by atoms with Gasteiger partial charge in [-0.2, -0.15) is 0 Å². The van der Waals surface area contributed by atoms with Crippen molar-refractivity contribution >= 4 is 54.6 Å². The SMILES string of the molecule is COc1ccc(S(=O)(=O)N(C)c2ccc3sc(C(=O)N(Cc4ccccc4)Cc4ccccc4)cc3c2)cc1Cl. The molecule has 9 heteroatoms. The van der Waals surface area contributed by atoms with Gasteiger partial charge in [-0.15, -0.1) is 11.3 Å². The fraction of sp³-hybridized carbons (Fsp3) is 0.129. The summed E-state index contributed by atoms with van der Waals surface area (Å²) in [5, 5.41) is 1.00. The maximum absolute atomic E-state index is 13.8. The van der Waals surface area contributed by atoms with Crippen LogP contribution in [0.15, 0.2) is 108 Å². The average molecular weight is 591 g/mol. The molecular formula is C31H27ClN2O4S2. The van der Waals surface area contributed by atoms with Crippen molar-refractivity contribution in [3.63, 3.8) is 0 Å². The summed E-state index contributed by atoms with van der Waals surface area (Å²) in [5.74, 6) is 0.318. The summed E-state index contributed by atoms with van der Waals surface area (Å²) in [6, 6.07) is 31.4. The molecular weight excluding hydrogens is 564 g/mol. The quantitative estimate of drug-likeness (QED) is 0.182. The van der Waals surface area contributed by atoms with Crippen molar-refractivity contribution in [2.45, 2.75) is 18.0 Å². The fourth-order valence-corrected chi connectivity index (χ4v) is 6.95. The molecule has 0 radical (unpaired) electrons. The minimum atomic E-state index is -3.88. The predicted molar refractivity (Wildman–Crippen MR) is 162 cm³/mol. The molecule has 5 rings (SSSR count). The lowest BCUT2D eigenvalue weighted by molar-refractivity contribution is 0.0735. The number of methoxy groups -OCH3 is 1. The number of carbonyl (C=O) groups is 1. The fourth-order valence-electron chi connectivity index (χ4n) is 4.40. The van der Waals surface area contributed by atoms with Crippen LogP contribution in [0.4, 0.5) is 5.69 Å². The first-order chi connectivity index (χ1) is 19.3. The summed E-state index contributed by atoms with van der Waals surface area (Å²) in [6.07, 6.45) is 0. The summed E-state index contributed by atoms with van der Waals surface area (Å²) in [6.45, 7) is 0.943. The normalized spacial score (nSPS) is 11.4. The molecule has 0 spiro atoms. The first-order valence-electron chi connectivity index (χ1n) is 12.5. The summed E-state index contributed by atoms with van der Waals surface area (Å²) in [4.78, 5) is 16.3. The summed E-state index contributed by atoms with van der Waals surface area (Å²) in [7, 11) is -0.913. The van der Waals surface area contributed by atoms with Gasteiger partial charge in [-0.3, -0.25) is 9.10 Å². The molecule has 0 fully saturated rings. The van der Waals surface area contributed by atoms with Crippen LogP contribution in [0.3, 0.4) is 0 Å². The highest BCUT2D eigenvalue weighted by atomic mass is 35.5. The third-order valence-corrected chi connectivity index (χ3v) is 9.76. The van der Waals surface area contributed by atoms with Crippen molar-refractivity contribution in [2.24, 2.45) is 0 Å². The Morgan fingerprint density at radius 1 is 0.850 bits per heavy atom. The number of hydrogen-bond donors (Lipinski definition) is 0. The van der Waals surface area contributed by atoms with E-state index in [0.29, 0.717) is 29.4 Å². The van der Waals surface area contributed by atoms with E-state index >= 15 is 0 Å². The smallest absolute Gasteiger partial charge is 0.264 e. The maximum atomic E-state index is 13.8. The Balaban J connectivity index is 1.43. The summed E-state index contributed by atoms with van der Waals surface area (Å²) < 4.78 is 33.9. The number of sulfonamides is 1. The highest BCUT2D eigenvalue weighted by molar-refractivity contribution is 7.92. The van der Waals surface area contributed by atoms with E-state index in [2.05, 4.69) is 0 Å². The molecule has 0 saturated carbocycles. The van der Waals surface area contributed by atoms with Crippen molar-refractivity contribution in [2.75, 3.05) is 18.5 Å². The standard InChI is InChI=1S/C31H27ClN2O4S2/c1-33(40(36,37)26-14-15-28(38-2)27(32)19-26)25-13-16-29-24(17-25)18-30(39-29)31(35)34(20-22-9-5-3-6-10-22)21-23-11-7-4-8-12-23/h3-19H,20-21H2,1-2H3. The van der Waals surface area contributed by atoms with Gasteiger partial charge >= 0.3 is 0 Å². The molecule has 0 aliphatic heterocycles. The molecule has 1 heterocycles. The zero-order valence-corrected chi connectivity index (χ0v) is 24.3. The van der Waals surface area contributed by atoms with Crippen LogP contribution >= 0.6 is 22.9 Å². The van der Waals surface area contributed by atoms with Gasteiger partial charge in [-0.05, 0) is 59.0 Å². The second kappa shape index (κ2) is 11.7. The molecule has 5 aromatic rings. The second-order valence-corrected chi connectivity index (χ2v) is 12.7. The monoisotopic (exact) mass is 590 g/mol. The van der Waals surface area contributed by atoms with Crippen molar-refractivity contribution in [3.05, 3.63) is 124 Å². The Bertz CT molecular complexity index is 1720. The van der Waals surface area contributed by atoms with E-state index in [4.69, 9.17) is 16.3 Å². The van der Waals surface area contributed by atoms with Crippen LogP contribution in [0.25, 0.3) is 10.1 Å². The van der Waals surface area contributed by atoms with Crippen LogP contribution in [-0.4, -0.2) is 33.4 Å². The predicted octanol–water partition coefficient (Wildman–Crippen LogP) is 7.23. The average Bonchev–Trinajstić information content (AvgIpc) is 3.40. The number of hydrogen-bond acceptors (Lipinski definition) is 5. The zero-order chi connectivity index (χ0) is 28.3. The lowest BCUT2D eigenvalue weighted by Crippen LogP contribution is -2.29. The number of nitrogens with zero attached hydrogens (tertiary/aromatic N) is 2. The topological polar surface area (TPSA) is 66.9 Å². The summed E-state index contributed by atoms with van der Waals surface area (Å²) >= 11 is 7.58. The van der Waals surface area contributed by atoms with Crippen molar-refractivity contribution in [1.29, 1.82) is 0 Å². The Hall–Kier alpha value is -3.85. The molecule has 0 bridgehead atoms. The van der Waals surface area contributed by atoms with Crippen molar-refractivity contribution in [1.82, 2.24) is 4.90 Å². The van der Waals surface area contributed by atoms with Gasteiger partial charge in [0.2, 0.25) is 0 Å². The first-order valence-corrected chi connectivity index (χ1v) is 15.1. The highest BCUT2D eigenvalue weighted by Crippen LogP contribution is 2.34. The Kier molecular flexibility index (Phi) is 8.12. The minimum Gasteiger partial charge on any atom is -0.495 e. The molecule has 1 aromatic heterocycles. The minimum absolute atomic E-state index is 0.0551. The van der Waals surface area contributed by atoms with Gasteiger partial charge in [-0.1, -0.05) is 72.3 Å². The number of carbonyl (C=O) groups excluding carboxylic acids is 1. The Morgan fingerprint density at radius 2 is 1.48 bits per heavy atom. The summed E-state index contributed by atoms with van der Waals surface area (Å²) in [5.41, 5.74) is 2.56. The number of benzene rings is 4. The lowest BCUT2D eigenvalue weighted by Gasteiger charge is -2.22. The van der Waals surface area contributed by atoms with Gasteiger partial charge in [0.25, 0.3) is 15.9 Å². The third-order valence-electron chi connectivity index (χ3n) is 6.58. The second-order valence-electron chi connectivity index (χ2n) is 9.23. The van der Waals surface area contributed by atoms with E-state index in [1.807, 2.05) is 77.7 Å². The Labute approximate surface area is 243 Å². The lowest BCUT2D eigenvalue weighted by atomic mass is 10.1. The third kappa shape index (κ3) is 5.84. The molecule has 40 heavy (non-hydrogen) atoms. The Morgan fingerprint density at radius 3 is 2.05 bits per heavy atom. The van der Waals surface area contributed by atoms with Gasteiger partial charge in [0.05, 0.1) is 27.6 Å². The largest absolute Gasteiger partial charge is 0.495 e. The molecule has 0 atom stereocenters. The number of halogens is 1. The molecule has 0 unspecified atom stereocenters. The molecule has 6 nitrogen and oxygen atoms in total. The number of fused-ring (bicyclic) bond motifs is 1. The maximum Gasteiger partial charge on any atom is 0.264 e. The zero-order valence-electron chi connectivity index (χ0n) is 22.0. The van der Waals surface area contributed by atoms with Gasteiger partial charge in [0.15, 0.2) is 0 Å². The van der Waals surface area contributed by atoms with Gasteiger partial charge in [-0.25, -0.2) is 8.42 Å². The van der Waals surface area contributed by atoms with Crippen LogP contribution in [-0.2, 0) is 23.1 Å². The molecule has 0 aliphatic rings. The van der Waals surface area contributed by atoms with Crippen LogP contribution in [0, 0.1) is 0 Å². The molecule has 0 saturated heterocycles. The van der Waals surface area contributed by atoms with E-state index < -0.39 is 10.0 Å². The molecule has 4 aromatic carbocycles. The number of thiophene rings is 1. The van der Waals surface area contributed by atoms with Crippen LogP contribution in [0.1, 0.15) is 20.8 Å². The van der Waals surface area contributed by atoms with Gasteiger partial charge in [0.1, 0.15) is 5.75 Å². The number of anilines is 1. The molecule has 1 amide bonds. The van der Waals surface area contributed by atoms with Crippen molar-refractivity contribution in [3.8, 4) is 5.75 Å². The van der Waals surface area contributed by atoms with Gasteiger partial charge in [0, 0.05) is 24.8 Å². The van der Waals surface area contributed by atoms with Crippen LogP contribution in [0.5, 0.6) is 5.75 Å². The van der Waals surface area contributed by atoms with E-state index in [-0.39, 0.29) is 15.8 Å². The van der Waals surface area contributed by atoms with E-state index in [0.717, 1.165) is 21.2 Å². The van der Waals surface area contributed by atoms with Crippen molar-refractivity contribution < 1.29 is 17.9 Å². The first kappa shape index (κ1) is 27.7. The number of rotatable bonds is 9. The van der Waals surface area contributed by atoms with E-state index in [1.54, 1.807) is 12.1 Å². The van der Waals surface area contributed by atoms with Gasteiger partial charge < -0.3 is 9.64 Å². The highest BCUT2D eigenvalue weighted by Gasteiger charge is 2.24. The van der Waals surface area contributed by atoms with E-state index in [1.165, 1.54) is 48.0 Å². The number of amides is 1. The van der Waals surface area contributed by atoms with Crippen LogP contribution in [0.2, 0.25) is 5.02 Å².